The molecule has 0 radical (unpaired) electrons. The minimum atomic E-state index is -0.673. The maximum atomic E-state index is 14.1. The van der Waals surface area contributed by atoms with Crippen LogP contribution in [0, 0.1) is 5.82 Å². The number of nitrogens with zero attached hydrogens (tertiary/aromatic N) is 1. The Balaban J connectivity index is 1.82. The van der Waals surface area contributed by atoms with Crippen molar-refractivity contribution in [2.24, 2.45) is 0 Å². The first-order chi connectivity index (χ1) is 16.5. The van der Waals surface area contributed by atoms with E-state index in [4.69, 9.17) is 11.6 Å². The van der Waals surface area contributed by atoms with Gasteiger partial charge in [-0.1, -0.05) is 78.3 Å². The van der Waals surface area contributed by atoms with Gasteiger partial charge in [0.15, 0.2) is 0 Å². The average Bonchev–Trinajstić information content (AvgIpc) is 2.84. The van der Waals surface area contributed by atoms with Gasteiger partial charge in [-0.25, -0.2) is 4.39 Å². The van der Waals surface area contributed by atoms with Crippen LogP contribution in [-0.4, -0.2) is 35.1 Å². The van der Waals surface area contributed by atoms with Crippen LogP contribution in [0.1, 0.15) is 23.6 Å². The molecule has 3 aromatic rings. The molecule has 2 amide bonds. The van der Waals surface area contributed by atoms with E-state index >= 15 is 0 Å². The molecule has 0 aliphatic heterocycles. The van der Waals surface area contributed by atoms with Gasteiger partial charge in [0.1, 0.15) is 11.9 Å². The van der Waals surface area contributed by atoms with E-state index in [1.54, 1.807) is 17.0 Å². The Morgan fingerprint density at radius 1 is 0.971 bits per heavy atom. The van der Waals surface area contributed by atoms with Gasteiger partial charge in [0.05, 0.1) is 5.75 Å². The molecule has 3 rings (SSSR count). The largest absolute Gasteiger partial charge is 0.355 e. The highest BCUT2D eigenvalue weighted by atomic mass is 35.5. The lowest BCUT2D eigenvalue weighted by Gasteiger charge is -2.31. The Bertz CT molecular complexity index is 1060. The first-order valence-electron chi connectivity index (χ1n) is 11.1. The molecule has 3 aromatic carbocycles. The Morgan fingerprint density at radius 3 is 2.24 bits per heavy atom. The Morgan fingerprint density at radius 2 is 1.62 bits per heavy atom. The summed E-state index contributed by atoms with van der Waals surface area (Å²) in [7, 11) is 0. The zero-order chi connectivity index (χ0) is 24.3. The molecule has 1 atom stereocenters. The van der Waals surface area contributed by atoms with Crippen LogP contribution in [0.25, 0.3) is 0 Å². The van der Waals surface area contributed by atoms with Crippen LogP contribution in [0.2, 0.25) is 5.02 Å². The third-order valence-electron chi connectivity index (χ3n) is 5.35. The van der Waals surface area contributed by atoms with Crippen LogP contribution in [0.3, 0.4) is 0 Å². The Labute approximate surface area is 209 Å². The number of hydrogen-bond donors (Lipinski definition) is 1. The first kappa shape index (κ1) is 25.8. The number of thioether (sulfide) groups is 1. The average molecular weight is 499 g/mol. The predicted molar refractivity (Wildman–Crippen MR) is 137 cm³/mol. The lowest BCUT2D eigenvalue weighted by Crippen LogP contribution is -2.51. The van der Waals surface area contributed by atoms with E-state index < -0.39 is 11.9 Å². The van der Waals surface area contributed by atoms with Gasteiger partial charge in [-0.05, 0) is 30.2 Å². The zero-order valence-corrected chi connectivity index (χ0v) is 20.6. The SMILES string of the molecule is CCNC(=O)C(Cc1ccccc1)N(Cc1ccccc1)C(=O)CSCc1c(F)cccc1Cl. The van der Waals surface area contributed by atoms with Gasteiger partial charge in [0.2, 0.25) is 11.8 Å². The van der Waals surface area contributed by atoms with Crippen molar-refractivity contribution in [1.82, 2.24) is 10.2 Å². The molecule has 0 heterocycles. The number of rotatable bonds is 11. The summed E-state index contributed by atoms with van der Waals surface area (Å²) in [5.74, 6) is -0.410. The molecule has 0 bridgehead atoms. The zero-order valence-electron chi connectivity index (χ0n) is 19.0. The quantitative estimate of drug-likeness (QED) is 0.380. The number of hydrogen-bond acceptors (Lipinski definition) is 3. The van der Waals surface area contributed by atoms with E-state index in [2.05, 4.69) is 5.32 Å². The fourth-order valence-electron chi connectivity index (χ4n) is 3.62. The Hall–Kier alpha value is -2.83. The summed E-state index contributed by atoms with van der Waals surface area (Å²) < 4.78 is 14.1. The summed E-state index contributed by atoms with van der Waals surface area (Å²) in [6.07, 6.45) is 0.398. The van der Waals surface area contributed by atoms with Crippen molar-refractivity contribution in [1.29, 1.82) is 0 Å². The summed E-state index contributed by atoms with van der Waals surface area (Å²) >= 11 is 7.41. The number of carbonyl (C=O) groups excluding carboxylic acids is 2. The van der Waals surface area contributed by atoms with Gasteiger partial charge in [-0.3, -0.25) is 9.59 Å². The lowest BCUT2D eigenvalue weighted by atomic mass is 10.0. The number of halogens is 2. The third-order valence-corrected chi connectivity index (χ3v) is 6.65. The molecule has 0 spiro atoms. The number of benzene rings is 3. The van der Waals surface area contributed by atoms with E-state index in [1.807, 2.05) is 67.6 Å². The molecular formula is C27H28ClFN2O2S. The second kappa shape index (κ2) is 13.2. The molecule has 0 aromatic heterocycles. The van der Waals surface area contributed by atoms with Crippen molar-refractivity contribution in [3.05, 3.63) is 106 Å². The molecular weight excluding hydrogens is 471 g/mol. The van der Waals surface area contributed by atoms with Crippen LogP contribution in [-0.2, 0) is 28.3 Å². The Kier molecular flexibility index (Phi) is 9.98. The van der Waals surface area contributed by atoms with Gasteiger partial charge in [-0.2, -0.15) is 0 Å². The normalized spacial score (nSPS) is 11.6. The maximum absolute atomic E-state index is 14.1. The summed E-state index contributed by atoms with van der Waals surface area (Å²) in [6, 6.07) is 23.1. The molecule has 7 heteroatoms. The van der Waals surface area contributed by atoms with Crippen molar-refractivity contribution in [2.75, 3.05) is 12.3 Å². The molecule has 34 heavy (non-hydrogen) atoms. The molecule has 4 nitrogen and oxygen atoms in total. The van der Waals surface area contributed by atoms with Gasteiger partial charge >= 0.3 is 0 Å². The smallest absolute Gasteiger partial charge is 0.243 e. The predicted octanol–water partition coefficient (Wildman–Crippen LogP) is 5.49. The third kappa shape index (κ3) is 7.34. The van der Waals surface area contributed by atoms with Gasteiger partial charge in [-0.15, -0.1) is 11.8 Å². The van der Waals surface area contributed by atoms with Crippen LogP contribution < -0.4 is 5.32 Å². The summed E-state index contributed by atoms with van der Waals surface area (Å²) in [4.78, 5) is 28.2. The highest BCUT2D eigenvalue weighted by Gasteiger charge is 2.30. The summed E-state index contributed by atoms with van der Waals surface area (Å²) in [6.45, 7) is 2.63. The second-order valence-corrected chi connectivity index (χ2v) is 9.19. The number of nitrogens with one attached hydrogen (secondary N) is 1. The van der Waals surface area contributed by atoms with Gasteiger partial charge in [0, 0.05) is 35.8 Å². The standard InChI is InChI=1S/C27H28ClFN2O2S/c1-2-30-27(33)25(16-20-10-5-3-6-11-20)31(17-21-12-7-4-8-13-21)26(32)19-34-18-22-23(28)14-9-15-24(22)29/h3-15,25H,2,16-19H2,1H3,(H,30,33). The van der Waals surface area contributed by atoms with E-state index in [0.29, 0.717) is 30.1 Å². The highest BCUT2D eigenvalue weighted by Crippen LogP contribution is 2.25. The highest BCUT2D eigenvalue weighted by molar-refractivity contribution is 7.99. The van der Waals surface area contributed by atoms with E-state index in [9.17, 15) is 14.0 Å². The molecule has 0 aliphatic rings. The van der Waals surface area contributed by atoms with Crippen LogP contribution in [0.5, 0.6) is 0 Å². The van der Waals surface area contributed by atoms with Crippen molar-refractivity contribution in [2.45, 2.75) is 31.7 Å². The number of likely N-dealkylation sites (N-methyl/N-ethyl adjacent to an activating group) is 1. The summed E-state index contributed by atoms with van der Waals surface area (Å²) in [5.41, 5.74) is 2.27. The fraction of sp³-hybridized carbons (Fsp3) is 0.259. The van der Waals surface area contributed by atoms with Crippen molar-refractivity contribution < 1.29 is 14.0 Å². The maximum Gasteiger partial charge on any atom is 0.243 e. The molecule has 0 aliphatic carbocycles. The van der Waals surface area contributed by atoms with Crippen molar-refractivity contribution >= 4 is 35.2 Å². The molecule has 1 N–H and O–H groups in total. The number of carbonyl (C=O) groups is 2. The summed E-state index contributed by atoms with van der Waals surface area (Å²) in [5, 5.41) is 3.22. The fourth-order valence-corrected chi connectivity index (χ4v) is 4.87. The molecule has 0 fully saturated rings. The van der Waals surface area contributed by atoms with Crippen LogP contribution in [0.15, 0.2) is 78.9 Å². The molecule has 0 saturated heterocycles. The second-order valence-electron chi connectivity index (χ2n) is 7.80. The number of amides is 2. The van der Waals surface area contributed by atoms with Crippen LogP contribution >= 0.6 is 23.4 Å². The van der Waals surface area contributed by atoms with E-state index in [0.717, 1.165) is 11.1 Å². The monoisotopic (exact) mass is 498 g/mol. The first-order valence-corrected chi connectivity index (χ1v) is 12.7. The molecule has 1 unspecified atom stereocenters. The van der Waals surface area contributed by atoms with Gasteiger partial charge in [0.25, 0.3) is 0 Å². The van der Waals surface area contributed by atoms with Crippen molar-refractivity contribution in [3.8, 4) is 0 Å². The van der Waals surface area contributed by atoms with Crippen molar-refractivity contribution in [3.63, 3.8) is 0 Å². The van der Waals surface area contributed by atoms with Crippen LogP contribution in [0.4, 0.5) is 4.39 Å². The minimum Gasteiger partial charge on any atom is -0.355 e. The minimum absolute atomic E-state index is 0.0994. The molecule has 178 valence electrons. The molecule has 0 saturated carbocycles. The van der Waals surface area contributed by atoms with E-state index in [1.165, 1.54) is 17.8 Å². The van der Waals surface area contributed by atoms with Gasteiger partial charge < -0.3 is 10.2 Å². The lowest BCUT2D eigenvalue weighted by molar-refractivity contribution is -0.139. The van der Waals surface area contributed by atoms with E-state index in [-0.39, 0.29) is 23.3 Å². The topological polar surface area (TPSA) is 49.4 Å².